The van der Waals surface area contributed by atoms with Crippen LogP contribution in [-0.2, 0) is 19.0 Å². The Balaban J connectivity index is 1.27. The summed E-state index contributed by atoms with van der Waals surface area (Å²) >= 11 is 0. The van der Waals surface area contributed by atoms with Gasteiger partial charge in [-0.25, -0.2) is 0 Å². The number of rotatable bonds is 3. The van der Waals surface area contributed by atoms with Gasteiger partial charge in [0.2, 0.25) is 0 Å². The van der Waals surface area contributed by atoms with Crippen LogP contribution in [-0.4, -0.2) is 40.3 Å². The molecule has 0 unspecified atom stereocenters. The molecule has 2 saturated heterocycles. The highest BCUT2D eigenvalue weighted by molar-refractivity contribution is 6.01. The molecule has 2 bridgehead atoms. The molecule has 200 valence electrons. The van der Waals surface area contributed by atoms with Crippen molar-refractivity contribution in [2.75, 3.05) is 0 Å². The first-order valence-corrected chi connectivity index (χ1v) is 14.5. The molecule has 0 aromatic heterocycles. The molecule has 0 aromatic rings. The van der Waals surface area contributed by atoms with Gasteiger partial charge in [0.15, 0.2) is 5.78 Å². The van der Waals surface area contributed by atoms with Crippen LogP contribution in [0.2, 0.25) is 0 Å². The third-order valence-electron chi connectivity index (χ3n) is 12.3. The predicted octanol–water partition coefficient (Wildman–Crippen LogP) is 5.95. The Morgan fingerprint density at radius 2 is 1.83 bits per heavy atom. The Kier molecular flexibility index (Phi) is 5.46. The molecular formula is C31H46O5. The van der Waals surface area contributed by atoms with Gasteiger partial charge in [-0.3, -0.25) is 4.79 Å². The Morgan fingerprint density at radius 1 is 1.08 bits per heavy atom. The summed E-state index contributed by atoms with van der Waals surface area (Å²) in [5.74, 6) is 1.26. The van der Waals surface area contributed by atoms with Gasteiger partial charge in [-0.2, -0.15) is 0 Å². The maximum absolute atomic E-state index is 12.1. The van der Waals surface area contributed by atoms with E-state index in [1.807, 2.05) is 0 Å². The first-order chi connectivity index (χ1) is 16.8. The highest BCUT2D eigenvalue weighted by Crippen LogP contribution is 2.68. The van der Waals surface area contributed by atoms with Crippen LogP contribution in [0.3, 0.4) is 0 Å². The smallest absolute Gasteiger partial charge is 0.284 e. The Bertz CT molecular complexity index is 1010. The van der Waals surface area contributed by atoms with Crippen LogP contribution in [0.4, 0.5) is 0 Å². The molecule has 4 aliphatic carbocycles. The van der Waals surface area contributed by atoms with Crippen molar-refractivity contribution in [1.82, 2.24) is 0 Å². The number of hydrogen-bond acceptors (Lipinski definition) is 5. The highest BCUT2D eigenvalue weighted by atomic mass is 16.9. The molecule has 36 heavy (non-hydrogen) atoms. The van der Waals surface area contributed by atoms with Gasteiger partial charge in [0.1, 0.15) is 5.60 Å². The van der Waals surface area contributed by atoms with Crippen LogP contribution >= 0.6 is 0 Å². The van der Waals surface area contributed by atoms with E-state index in [0.29, 0.717) is 36.5 Å². The molecule has 5 nitrogen and oxygen atoms in total. The fraction of sp³-hybridized carbons (Fsp3) is 0.839. The molecule has 5 fully saturated rings. The monoisotopic (exact) mass is 498 g/mol. The molecule has 0 spiro atoms. The quantitative estimate of drug-likeness (QED) is 0.521. The minimum Gasteiger partial charge on any atom is -0.392 e. The zero-order valence-corrected chi connectivity index (χ0v) is 23.3. The van der Waals surface area contributed by atoms with Crippen molar-refractivity contribution in [3.63, 3.8) is 0 Å². The summed E-state index contributed by atoms with van der Waals surface area (Å²) in [6, 6.07) is 0. The van der Waals surface area contributed by atoms with E-state index in [2.05, 4.69) is 54.5 Å². The van der Waals surface area contributed by atoms with Gasteiger partial charge in [0.05, 0.1) is 17.8 Å². The summed E-state index contributed by atoms with van der Waals surface area (Å²) in [5.41, 5.74) is 0.474. The van der Waals surface area contributed by atoms with Crippen LogP contribution in [0.1, 0.15) is 93.4 Å². The number of aliphatic hydroxyl groups is 1. The number of ether oxygens (including phenoxy) is 3. The summed E-state index contributed by atoms with van der Waals surface area (Å²) in [6.07, 6.45) is 12.2. The number of aliphatic hydroxyl groups excluding tert-OH is 1. The molecule has 0 radical (unpaired) electrons. The van der Waals surface area contributed by atoms with E-state index in [-0.39, 0.29) is 45.9 Å². The molecule has 2 aliphatic heterocycles. The molecule has 6 aliphatic rings. The van der Waals surface area contributed by atoms with Gasteiger partial charge in [-0.15, -0.1) is 0 Å². The molecular weight excluding hydrogens is 452 g/mol. The van der Waals surface area contributed by atoms with Gasteiger partial charge >= 0.3 is 0 Å². The van der Waals surface area contributed by atoms with E-state index in [9.17, 15) is 9.90 Å². The second-order valence-electron chi connectivity index (χ2n) is 14.2. The lowest BCUT2D eigenvalue weighted by Gasteiger charge is -2.59. The lowest BCUT2D eigenvalue weighted by atomic mass is 9.46. The van der Waals surface area contributed by atoms with Crippen molar-refractivity contribution >= 4 is 5.78 Å². The number of ketones is 1. The number of allylic oxidation sites excluding steroid dienone is 3. The van der Waals surface area contributed by atoms with Crippen LogP contribution in [0.25, 0.3) is 0 Å². The topological polar surface area (TPSA) is 65.0 Å². The standard InChI is InChI=1S/C31H46O5/c1-8-31-34-25(17-30(7,36-31)27(3,4)35-31)18(2)21-9-10-22-26-23(12-14-29(21,22)6)28(5)13-11-20(32)15-19(28)16-24(26)33/h11,13,15,18,21-26,33H,8-10,12,14,16-17H2,1-7H3/t18-,21+,22-,23-,24+,25+,26-,28-,29+,30+,31-/m0/s1. The van der Waals surface area contributed by atoms with Gasteiger partial charge in [-0.05, 0) is 100 Å². The van der Waals surface area contributed by atoms with E-state index in [4.69, 9.17) is 14.2 Å². The summed E-state index contributed by atoms with van der Waals surface area (Å²) in [7, 11) is 0. The van der Waals surface area contributed by atoms with Crippen LogP contribution in [0, 0.1) is 40.4 Å². The van der Waals surface area contributed by atoms with Crippen molar-refractivity contribution in [2.45, 2.75) is 123 Å². The summed E-state index contributed by atoms with van der Waals surface area (Å²) in [4.78, 5) is 12.1. The maximum atomic E-state index is 12.1. The fourth-order valence-corrected chi connectivity index (χ4v) is 9.83. The van der Waals surface area contributed by atoms with E-state index in [1.165, 1.54) is 19.3 Å². The number of carbonyl (C=O) groups excluding carboxylic acids is 1. The van der Waals surface area contributed by atoms with Crippen LogP contribution < -0.4 is 0 Å². The molecule has 1 N–H and O–H groups in total. The van der Waals surface area contributed by atoms with Crippen LogP contribution in [0.15, 0.2) is 23.8 Å². The summed E-state index contributed by atoms with van der Waals surface area (Å²) in [6.45, 7) is 15.8. The zero-order valence-electron chi connectivity index (χ0n) is 23.3. The number of hydrogen-bond donors (Lipinski definition) is 1. The van der Waals surface area contributed by atoms with Crippen molar-refractivity contribution in [1.29, 1.82) is 0 Å². The van der Waals surface area contributed by atoms with Crippen molar-refractivity contribution in [3.8, 4) is 0 Å². The second kappa shape index (κ2) is 7.77. The molecule has 2 heterocycles. The summed E-state index contributed by atoms with van der Waals surface area (Å²) < 4.78 is 19.6. The molecule has 0 amide bonds. The van der Waals surface area contributed by atoms with Gasteiger partial charge < -0.3 is 19.3 Å². The lowest BCUT2D eigenvalue weighted by molar-refractivity contribution is -0.396. The Labute approximate surface area is 217 Å². The molecule has 6 rings (SSSR count). The lowest BCUT2D eigenvalue weighted by Crippen LogP contribution is -2.56. The molecule has 0 aromatic carbocycles. The van der Waals surface area contributed by atoms with Gasteiger partial charge in [0, 0.05) is 18.3 Å². The molecule has 5 heteroatoms. The third-order valence-corrected chi connectivity index (χ3v) is 12.3. The number of fused-ring (bicyclic) bond motifs is 7. The average molecular weight is 499 g/mol. The minimum atomic E-state index is -0.937. The highest BCUT2D eigenvalue weighted by Gasteiger charge is 2.67. The minimum absolute atomic E-state index is 0.0691. The van der Waals surface area contributed by atoms with Crippen LogP contribution in [0.5, 0.6) is 0 Å². The fourth-order valence-electron chi connectivity index (χ4n) is 9.83. The molecule has 3 saturated carbocycles. The van der Waals surface area contributed by atoms with E-state index in [0.717, 1.165) is 18.4 Å². The Morgan fingerprint density at radius 3 is 2.56 bits per heavy atom. The Hall–Kier alpha value is -1.01. The first kappa shape index (κ1) is 25.3. The third kappa shape index (κ3) is 3.25. The summed E-state index contributed by atoms with van der Waals surface area (Å²) in [5, 5.41) is 11.5. The van der Waals surface area contributed by atoms with Gasteiger partial charge in [-0.1, -0.05) is 39.3 Å². The van der Waals surface area contributed by atoms with Gasteiger partial charge in [0.25, 0.3) is 5.97 Å². The normalized spacial score (nSPS) is 53.9. The van der Waals surface area contributed by atoms with E-state index >= 15 is 0 Å². The van der Waals surface area contributed by atoms with Crippen molar-refractivity contribution in [3.05, 3.63) is 23.8 Å². The predicted molar refractivity (Wildman–Crippen MR) is 138 cm³/mol. The van der Waals surface area contributed by atoms with Crippen molar-refractivity contribution in [2.24, 2.45) is 40.4 Å². The maximum Gasteiger partial charge on any atom is 0.284 e. The SMILES string of the molecule is CC[C@@]12O[C@@H]([C@@H](C)[C@H]3CC[C@H]4[C@@H]5[C@H](O)CC6=CC(=O)C=C[C@]6(C)[C@H]5CC[C@]34C)C[C@@](C)(O1)C(C)(C)O2. The average Bonchev–Trinajstić information content (AvgIpc) is 3.22. The second-order valence-corrected chi connectivity index (χ2v) is 14.2. The van der Waals surface area contributed by atoms with Crippen molar-refractivity contribution < 1.29 is 24.1 Å². The van der Waals surface area contributed by atoms with E-state index < -0.39 is 5.97 Å². The zero-order chi connectivity index (χ0) is 25.9. The largest absolute Gasteiger partial charge is 0.392 e. The number of carbonyl (C=O) groups is 1. The first-order valence-electron chi connectivity index (χ1n) is 14.5. The van der Waals surface area contributed by atoms with E-state index in [1.54, 1.807) is 12.2 Å². The molecule has 11 atom stereocenters.